The van der Waals surface area contributed by atoms with Gasteiger partial charge in [0.25, 0.3) is 0 Å². The van der Waals surface area contributed by atoms with Gasteiger partial charge in [0.1, 0.15) is 0 Å². The molecule has 1 aromatic carbocycles. The molecule has 0 saturated carbocycles. The first-order chi connectivity index (χ1) is 7.88. The molecule has 0 heterocycles. The summed E-state index contributed by atoms with van der Waals surface area (Å²) >= 11 is 1.82. The fraction of sp³-hybridized carbons (Fsp3) is 0.500. The van der Waals surface area contributed by atoms with Crippen LogP contribution >= 0.6 is 11.8 Å². The highest BCUT2D eigenvalue weighted by molar-refractivity contribution is 8.14. The summed E-state index contributed by atoms with van der Waals surface area (Å²) in [5.41, 5.74) is 1.24. The van der Waals surface area contributed by atoms with Crippen LogP contribution in [0.1, 0.15) is 39.7 Å². The summed E-state index contributed by atoms with van der Waals surface area (Å²) < 4.78 is 0. The van der Waals surface area contributed by atoms with Crippen LogP contribution in [0.2, 0.25) is 0 Å². The van der Waals surface area contributed by atoms with Crippen molar-refractivity contribution >= 4 is 16.8 Å². The maximum absolute atomic E-state index is 4.58. The number of aliphatic imine (C=N–C) groups is 1. The molecular weight excluding hydrogens is 214 g/mol. The second-order valence-electron chi connectivity index (χ2n) is 2.99. The smallest absolute Gasteiger partial charge is 0.0976 e. The van der Waals surface area contributed by atoms with Crippen molar-refractivity contribution in [3.05, 3.63) is 35.9 Å². The lowest BCUT2D eigenvalue weighted by Gasteiger charge is -2.04. The van der Waals surface area contributed by atoms with Crippen molar-refractivity contribution in [3.8, 4) is 0 Å². The van der Waals surface area contributed by atoms with E-state index in [0.29, 0.717) is 0 Å². The summed E-state index contributed by atoms with van der Waals surface area (Å²) in [6, 6.07) is 10.4. The Morgan fingerprint density at radius 3 is 2.25 bits per heavy atom. The zero-order valence-corrected chi connectivity index (χ0v) is 11.7. The van der Waals surface area contributed by atoms with E-state index in [4.69, 9.17) is 0 Å². The summed E-state index contributed by atoms with van der Waals surface area (Å²) in [5.74, 6) is 1.08. The third-order valence-corrected chi connectivity index (χ3v) is 2.71. The van der Waals surface area contributed by atoms with Crippen molar-refractivity contribution in [2.45, 2.75) is 34.1 Å². The van der Waals surface area contributed by atoms with E-state index in [-0.39, 0.29) is 0 Å². The fourth-order valence-corrected chi connectivity index (χ4v) is 1.91. The Labute approximate surface area is 104 Å². The van der Waals surface area contributed by atoms with E-state index in [1.54, 1.807) is 0 Å². The van der Waals surface area contributed by atoms with E-state index >= 15 is 0 Å². The third-order valence-electron chi connectivity index (χ3n) is 1.78. The highest BCUT2D eigenvalue weighted by Crippen LogP contribution is 2.13. The molecule has 0 N–H and O–H groups in total. The van der Waals surface area contributed by atoms with Crippen LogP contribution in [0.5, 0.6) is 0 Å². The quantitative estimate of drug-likeness (QED) is 0.549. The average Bonchev–Trinajstić information content (AvgIpc) is 2.38. The first kappa shape index (κ1) is 15.2. The number of rotatable bonds is 4. The molecular formula is C14H23NS. The zero-order chi connectivity index (χ0) is 12.2. The Balaban J connectivity index is 0.00000106. The lowest BCUT2D eigenvalue weighted by atomic mass is 10.2. The normalized spacial score (nSPS) is 10.6. The van der Waals surface area contributed by atoms with E-state index in [2.05, 4.69) is 43.1 Å². The van der Waals surface area contributed by atoms with Gasteiger partial charge in [0, 0.05) is 12.1 Å². The zero-order valence-electron chi connectivity index (χ0n) is 10.9. The number of hydrogen-bond acceptors (Lipinski definition) is 2. The van der Waals surface area contributed by atoms with Crippen LogP contribution in [-0.4, -0.2) is 17.3 Å². The van der Waals surface area contributed by atoms with E-state index in [9.17, 15) is 0 Å². The maximum atomic E-state index is 4.58. The Morgan fingerprint density at radius 2 is 1.75 bits per heavy atom. The molecule has 0 unspecified atom stereocenters. The Bertz CT molecular complexity index is 280. The van der Waals surface area contributed by atoms with Gasteiger partial charge in [-0.15, -0.1) is 11.8 Å². The SMILES string of the molecule is CC.CCCN=C(SCC)c1ccccc1. The Kier molecular flexibility index (Phi) is 10.2. The van der Waals surface area contributed by atoms with Gasteiger partial charge in [-0.2, -0.15) is 0 Å². The number of thioether (sulfide) groups is 1. The molecule has 0 spiro atoms. The molecule has 0 aliphatic carbocycles. The van der Waals surface area contributed by atoms with Crippen LogP contribution in [0.4, 0.5) is 0 Å². The van der Waals surface area contributed by atoms with Gasteiger partial charge in [-0.1, -0.05) is 58.0 Å². The predicted octanol–water partition coefficient (Wildman–Crippen LogP) is 4.62. The summed E-state index contributed by atoms with van der Waals surface area (Å²) in [7, 11) is 0. The molecule has 0 saturated heterocycles. The largest absolute Gasteiger partial charge is 0.278 e. The van der Waals surface area contributed by atoms with Crippen LogP contribution in [0.3, 0.4) is 0 Å². The minimum atomic E-state index is 0.928. The van der Waals surface area contributed by atoms with Crippen molar-refractivity contribution in [2.75, 3.05) is 12.3 Å². The van der Waals surface area contributed by atoms with Gasteiger partial charge in [0.15, 0.2) is 0 Å². The molecule has 16 heavy (non-hydrogen) atoms. The first-order valence-electron chi connectivity index (χ1n) is 6.11. The van der Waals surface area contributed by atoms with Crippen molar-refractivity contribution in [1.82, 2.24) is 0 Å². The summed E-state index contributed by atoms with van der Waals surface area (Å²) in [4.78, 5) is 4.58. The van der Waals surface area contributed by atoms with Crippen molar-refractivity contribution in [3.63, 3.8) is 0 Å². The van der Waals surface area contributed by atoms with Crippen LogP contribution in [0.25, 0.3) is 0 Å². The van der Waals surface area contributed by atoms with Gasteiger partial charge in [0.2, 0.25) is 0 Å². The molecule has 0 aliphatic rings. The minimum Gasteiger partial charge on any atom is -0.278 e. The van der Waals surface area contributed by atoms with Crippen molar-refractivity contribution in [2.24, 2.45) is 4.99 Å². The molecule has 90 valence electrons. The number of hydrogen-bond donors (Lipinski definition) is 0. The van der Waals surface area contributed by atoms with Crippen LogP contribution in [0.15, 0.2) is 35.3 Å². The Morgan fingerprint density at radius 1 is 1.12 bits per heavy atom. The molecule has 0 amide bonds. The second kappa shape index (κ2) is 10.7. The fourth-order valence-electron chi connectivity index (χ4n) is 1.15. The summed E-state index contributed by atoms with van der Waals surface area (Å²) in [6.07, 6.45) is 1.11. The molecule has 1 nitrogen and oxygen atoms in total. The molecule has 1 rings (SSSR count). The lowest BCUT2D eigenvalue weighted by Crippen LogP contribution is -1.97. The molecule has 0 atom stereocenters. The van der Waals surface area contributed by atoms with E-state index in [1.807, 2.05) is 31.7 Å². The average molecular weight is 237 g/mol. The van der Waals surface area contributed by atoms with Crippen molar-refractivity contribution < 1.29 is 0 Å². The highest BCUT2D eigenvalue weighted by atomic mass is 32.2. The lowest BCUT2D eigenvalue weighted by molar-refractivity contribution is 0.936. The second-order valence-corrected chi connectivity index (χ2v) is 4.24. The molecule has 0 aromatic heterocycles. The summed E-state index contributed by atoms with van der Waals surface area (Å²) in [6.45, 7) is 9.25. The van der Waals surface area contributed by atoms with E-state index in [1.165, 1.54) is 10.6 Å². The van der Waals surface area contributed by atoms with Gasteiger partial charge in [-0.05, 0) is 12.2 Å². The molecule has 0 fully saturated rings. The first-order valence-corrected chi connectivity index (χ1v) is 7.09. The number of nitrogens with zero attached hydrogens (tertiary/aromatic N) is 1. The molecule has 0 radical (unpaired) electrons. The van der Waals surface area contributed by atoms with Crippen molar-refractivity contribution in [1.29, 1.82) is 0 Å². The van der Waals surface area contributed by atoms with Gasteiger partial charge in [-0.3, -0.25) is 4.99 Å². The van der Waals surface area contributed by atoms with Gasteiger partial charge < -0.3 is 0 Å². The topological polar surface area (TPSA) is 12.4 Å². The van der Waals surface area contributed by atoms with E-state index in [0.717, 1.165) is 18.7 Å². The van der Waals surface area contributed by atoms with Crippen LogP contribution in [-0.2, 0) is 0 Å². The van der Waals surface area contributed by atoms with Gasteiger partial charge in [-0.25, -0.2) is 0 Å². The minimum absolute atomic E-state index is 0.928. The molecule has 0 bridgehead atoms. The monoisotopic (exact) mass is 237 g/mol. The highest BCUT2D eigenvalue weighted by Gasteiger charge is 2.00. The number of benzene rings is 1. The Hall–Kier alpha value is -0.760. The molecule has 2 heteroatoms. The van der Waals surface area contributed by atoms with Gasteiger partial charge in [0.05, 0.1) is 5.04 Å². The standard InChI is InChI=1S/C12H17NS.C2H6/c1-3-10-13-12(14-4-2)11-8-6-5-7-9-11;1-2/h5-9H,3-4,10H2,1-2H3;1-2H3. The van der Waals surface area contributed by atoms with E-state index < -0.39 is 0 Å². The summed E-state index contributed by atoms with van der Waals surface area (Å²) in [5, 5.41) is 1.18. The molecule has 1 aromatic rings. The molecule has 0 aliphatic heterocycles. The predicted molar refractivity (Wildman–Crippen MR) is 77.6 cm³/mol. The van der Waals surface area contributed by atoms with Crippen LogP contribution < -0.4 is 0 Å². The third kappa shape index (κ3) is 5.96. The van der Waals surface area contributed by atoms with Gasteiger partial charge >= 0.3 is 0 Å². The maximum Gasteiger partial charge on any atom is 0.0976 e. The van der Waals surface area contributed by atoms with Crippen LogP contribution in [0, 0.1) is 0 Å².